The van der Waals surface area contributed by atoms with Crippen LogP contribution >= 0.6 is 0 Å². The van der Waals surface area contributed by atoms with Crippen LogP contribution in [0.5, 0.6) is 0 Å². The second-order valence-corrected chi connectivity index (χ2v) is 8.87. The van der Waals surface area contributed by atoms with E-state index in [9.17, 15) is 15.4 Å². The van der Waals surface area contributed by atoms with Gasteiger partial charge in [-0.25, -0.2) is 0 Å². The Balaban J connectivity index is 1.76. The van der Waals surface area contributed by atoms with Gasteiger partial charge in [0.15, 0.2) is 0 Å². The summed E-state index contributed by atoms with van der Waals surface area (Å²) in [5.74, 6) is 1.60. The predicted molar refractivity (Wildman–Crippen MR) is 88.3 cm³/mol. The third kappa shape index (κ3) is 2.00. The van der Waals surface area contributed by atoms with E-state index >= 15 is 0 Å². The predicted octanol–water partition coefficient (Wildman–Crippen LogP) is 3.11. The van der Waals surface area contributed by atoms with Gasteiger partial charge in [-0.1, -0.05) is 25.1 Å². The smallest absolute Gasteiger partial charge is 0.0833 e. The zero-order valence-corrected chi connectivity index (χ0v) is 14.2. The Labute approximate surface area is 138 Å². The Morgan fingerprint density at radius 3 is 2.57 bits per heavy atom. The second kappa shape index (κ2) is 5.06. The summed E-state index contributed by atoms with van der Waals surface area (Å²) in [4.78, 5) is 0. The summed E-state index contributed by atoms with van der Waals surface area (Å²) in [6.45, 7) is 4.57. The molecule has 0 saturated heterocycles. The molecular formula is C19H29NO3. The average Bonchev–Trinajstić information content (AvgIpc) is 2.83. The number of oxime groups is 1. The molecule has 0 aromatic rings. The molecule has 0 amide bonds. The van der Waals surface area contributed by atoms with Crippen LogP contribution in [0.2, 0.25) is 0 Å². The Morgan fingerprint density at radius 2 is 1.83 bits per heavy atom. The van der Waals surface area contributed by atoms with Gasteiger partial charge in [-0.3, -0.25) is 0 Å². The van der Waals surface area contributed by atoms with E-state index in [1.807, 2.05) is 6.08 Å². The molecule has 0 aromatic heterocycles. The Morgan fingerprint density at radius 1 is 1.04 bits per heavy atom. The zero-order valence-electron chi connectivity index (χ0n) is 14.2. The highest BCUT2D eigenvalue weighted by atomic mass is 16.4. The van der Waals surface area contributed by atoms with Gasteiger partial charge in [0.05, 0.1) is 17.9 Å². The quantitative estimate of drug-likeness (QED) is 0.474. The molecule has 4 rings (SSSR count). The minimum Gasteiger partial charge on any atom is -0.411 e. The van der Waals surface area contributed by atoms with Gasteiger partial charge in [0, 0.05) is 0 Å². The molecule has 4 aliphatic rings. The van der Waals surface area contributed by atoms with Crippen molar-refractivity contribution in [2.75, 3.05) is 0 Å². The van der Waals surface area contributed by atoms with E-state index in [4.69, 9.17) is 0 Å². The molecule has 0 aliphatic heterocycles. The van der Waals surface area contributed by atoms with E-state index in [0.29, 0.717) is 17.8 Å². The van der Waals surface area contributed by atoms with Crippen LogP contribution in [0.1, 0.15) is 58.8 Å². The Hall–Kier alpha value is -0.870. The largest absolute Gasteiger partial charge is 0.411 e. The third-order valence-corrected chi connectivity index (χ3v) is 8.00. The van der Waals surface area contributed by atoms with Crippen LogP contribution in [0, 0.1) is 28.6 Å². The van der Waals surface area contributed by atoms with Gasteiger partial charge in [0.25, 0.3) is 0 Å². The lowest BCUT2D eigenvalue weighted by Crippen LogP contribution is -2.53. The molecule has 0 unspecified atom stereocenters. The van der Waals surface area contributed by atoms with Gasteiger partial charge in [0.2, 0.25) is 0 Å². The maximum Gasteiger partial charge on any atom is 0.0833 e. The summed E-state index contributed by atoms with van der Waals surface area (Å²) in [5, 5.41) is 33.8. The van der Waals surface area contributed by atoms with E-state index in [-0.39, 0.29) is 16.9 Å². The molecule has 0 aromatic carbocycles. The van der Waals surface area contributed by atoms with Crippen molar-refractivity contribution in [1.82, 2.24) is 0 Å². The van der Waals surface area contributed by atoms with Crippen molar-refractivity contribution in [3.05, 3.63) is 11.6 Å². The number of nitrogens with zero attached hydrogens (tertiary/aromatic N) is 1. The SMILES string of the molecule is C[C@]12CC[C@H]3[C@@H](C/C(=N\O)C4=C[C@@H](O)CC[C@@]43C)[C@@H]1CC[C@@H]2O. The van der Waals surface area contributed by atoms with Crippen LogP contribution in [-0.2, 0) is 0 Å². The molecule has 4 nitrogen and oxygen atoms in total. The molecule has 128 valence electrons. The van der Waals surface area contributed by atoms with Gasteiger partial charge in [-0.15, -0.1) is 0 Å². The highest BCUT2D eigenvalue weighted by Gasteiger charge is 2.60. The topological polar surface area (TPSA) is 73.1 Å². The highest BCUT2D eigenvalue weighted by Crippen LogP contribution is 2.64. The normalized spacial score (nSPS) is 54.2. The number of hydrogen-bond acceptors (Lipinski definition) is 4. The first-order chi connectivity index (χ1) is 10.9. The van der Waals surface area contributed by atoms with Crippen LogP contribution < -0.4 is 0 Å². The second-order valence-electron chi connectivity index (χ2n) is 8.87. The summed E-state index contributed by atoms with van der Waals surface area (Å²) in [5.41, 5.74) is 1.91. The van der Waals surface area contributed by atoms with E-state index in [1.54, 1.807) is 0 Å². The maximum absolute atomic E-state index is 10.5. The lowest BCUT2D eigenvalue weighted by Gasteiger charge is -2.58. The van der Waals surface area contributed by atoms with E-state index < -0.39 is 6.10 Å². The molecule has 0 bridgehead atoms. The molecular weight excluding hydrogens is 290 g/mol. The summed E-state index contributed by atoms with van der Waals surface area (Å²) in [6, 6.07) is 0. The lowest BCUT2D eigenvalue weighted by atomic mass is 9.47. The first-order valence-electron chi connectivity index (χ1n) is 9.20. The van der Waals surface area contributed by atoms with E-state index in [2.05, 4.69) is 19.0 Å². The van der Waals surface area contributed by atoms with Crippen molar-refractivity contribution in [3.63, 3.8) is 0 Å². The summed E-state index contributed by atoms with van der Waals surface area (Å²) >= 11 is 0. The van der Waals surface area contributed by atoms with Gasteiger partial charge in [0.1, 0.15) is 0 Å². The number of aliphatic hydroxyl groups is 2. The fourth-order valence-corrected chi connectivity index (χ4v) is 6.62. The number of fused-ring (bicyclic) bond motifs is 5. The van der Waals surface area contributed by atoms with Gasteiger partial charge >= 0.3 is 0 Å². The molecule has 23 heavy (non-hydrogen) atoms. The average molecular weight is 319 g/mol. The minimum atomic E-state index is -0.409. The van der Waals surface area contributed by atoms with E-state index in [1.165, 1.54) is 0 Å². The fourth-order valence-electron chi connectivity index (χ4n) is 6.62. The van der Waals surface area contributed by atoms with Gasteiger partial charge in [-0.05, 0) is 79.1 Å². The summed E-state index contributed by atoms with van der Waals surface area (Å²) in [6.07, 6.45) is 8.14. The number of allylic oxidation sites excluding steroid dienone is 1. The lowest BCUT2D eigenvalue weighted by molar-refractivity contribution is -0.0638. The Kier molecular flexibility index (Phi) is 3.44. The van der Waals surface area contributed by atoms with Gasteiger partial charge in [-0.2, -0.15) is 0 Å². The van der Waals surface area contributed by atoms with Gasteiger partial charge < -0.3 is 15.4 Å². The van der Waals surface area contributed by atoms with Crippen LogP contribution in [0.25, 0.3) is 0 Å². The summed E-state index contributed by atoms with van der Waals surface area (Å²) in [7, 11) is 0. The Bertz CT molecular complexity index is 571. The van der Waals surface area contributed by atoms with Crippen molar-refractivity contribution < 1.29 is 15.4 Å². The molecule has 0 spiro atoms. The maximum atomic E-state index is 10.5. The van der Waals surface area contributed by atoms with Crippen LogP contribution in [0.15, 0.2) is 16.8 Å². The van der Waals surface area contributed by atoms with Crippen LogP contribution in [0.3, 0.4) is 0 Å². The monoisotopic (exact) mass is 319 g/mol. The van der Waals surface area contributed by atoms with Crippen molar-refractivity contribution in [1.29, 1.82) is 0 Å². The number of aliphatic hydroxyl groups excluding tert-OH is 2. The fraction of sp³-hybridized carbons (Fsp3) is 0.842. The third-order valence-electron chi connectivity index (χ3n) is 8.00. The summed E-state index contributed by atoms with van der Waals surface area (Å²) < 4.78 is 0. The van der Waals surface area contributed by atoms with E-state index in [0.717, 1.165) is 56.2 Å². The standard InChI is InChI=1S/C19H29NO3/c1-18-7-5-11(21)9-15(18)16(20-23)10-12-13-3-4-17(22)19(13,2)8-6-14(12)18/h9,11-14,17,21-23H,3-8,10H2,1-2H3/b20-16+/t11-,12-,13-,14-,17-,18+,19-/m0/s1. The molecule has 4 heteroatoms. The minimum absolute atomic E-state index is 0.0125. The van der Waals surface area contributed by atoms with Crippen LogP contribution in [-0.4, -0.2) is 33.3 Å². The van der Waals surface area contributed by atoms with Crippen LogP contribution in [0.4, 0.5) is 0 Å². The van der Waals surface area contributed by atoms with Crippen molar-refractivity contribution in [2.24, 2.45) is 33.7 Å². The van der Waals surface area contributed by atoms with Crippen molar-refractivity contribution >= 4 is 5.71 Å². The first-order valence-corrected chi connectivity index (χ1v) is 9.20. The molecule has 0 heterocycles. The molecule has 0 radical (unpaired) electrons. The first kappa shape index (κ1) is 15.6. The molecule has 4 aliphatic carbocycles. The molecule has 7 atom stereocenters. The van der Waals surface area contributed by atoms with Crippen molar-refractivity contribution in [3.8, 4) is 0 Å². The number of hydrogen-bond donors (Lipinski definition) is 3. The number of rotatable bonds is 0. The zero-order chi connectivity index (χ0) is 16.4. The molecule has 3 saturated carbocycles. The molecule has 3 N–H and O–H groups in total. The highest BCUT2D eigenvalue weighted by molar-refractivity contribution is 6.02. The molecule has 3 fully saturated rings. The van der Waals surface area contributed by atoms with Crippen molar-refractivity contribution in [2.45, 2.75) is 71.0 Å².